The molecule has 1 saturated heterocycles. The smallest absolute Gasteiger partial charge is 0.214 e. The molecular formula is C9H18N2O2S. The van der Waals surface area contributed by atoms with Gasteiger partial charge in [-0.2, -0.15) is 0 Å². The van der Waals surface area contributed by atoms with Gasteiger partial charge in [0.2, 0.25) is 10.0 Å². The second-order valence-electron chi connectivity index (χ2n) is 3.47. The van der Waals surface area contributed by atoms with Gasteiger partial charge in [-0.05, 0) is 32.4 Å². The second kappa shape index (κ2) is 5.48. The highest BCUT2D eigenvalue weighted by Crippen LogP contribution is 2.11. The van der Waals surface area contributed by atoms with E-state index in [-0.39, 0.29) is 5.25 Å². The Balaban J connectivity index is 2.42. The van der Waals surface area contributed by atoms with Crippen molar-refractivity contribution in [2.75, 3.05) is 19.6 Å². The first kappa shape index (κ1) is 11.7. The average molecular weight is 218 g/mol. The summed E-state index contributed by atoms with van der Waals surface area (Å²) in [5.41, 5.74) is 0. The molecule has 14 heavy (non-hydrogen) atoms. The van der Waals surface area contributed by atoms with Crippen LogP contribution in [0.4, 0.5) is 0 Å². The first-order valence-electron chi connectivity index (χ1n) is 4.97. The molecule has 0 unspecified atom stereocenters. The fourth-order valence-corrected chi connectivity index (χ4v) is 3.02. The zero-order chi connectivity index (χ0) is 10.4. The Morgan fingerprint density at radius 2 is 2.07 bits per heavy atom. The summed E-state index contributed by atoms with van der Waals surface area (Å²) >= 11 is 0. The zero-order valence-electron chi connectivity index (χ0n) is 8.33. The van der Waals surface area contributed by atoms with E-state index in [9.17, 15) is 8.42 Å². The van der Waals surface area contributed by atoms with E-state index in [0.717, 1.165) is 13.1 Å². The van der Waals surface area contributed by atoms with Crippen LogP contribution in [0.2, 0.25) is 0 Å². The lowest BCUT2D eigenvalue weighted by Gasteiger charge is -2.22. The highest BCUT2D eigenvalue weighted by atomic mass is 32.2. The van der Waals surface area contributed by atoms with Crippen molar-refractivity contribution in [2.45, 2.75) is 24.5 Å². The Hall–Kier alpha value is -0.390. The van der Waals surface area contributed by atoms with Crippen molar-refractivity contribution < 1.29 is 8.42 Å². The molecule has 1 aliphatic heterocycles. The third-order valence-corrected chi connectivity index (χ3v) is 4.33. The predicted octanol–water partition coefficient (Wildman–Crippen LogP) is 0.234. The quantitative estimate of drug-likeness (QED) is 0.513. The van der Waals surface area contributed by atoms with Gasteiger partial charge in [-0.3, -0.25) is 0 Å². The number of rotatable bonds is 5. The molecule has 0 bridgehead atoms. The molecule has 0 aliphatic carbocycles. The van der Waals surface area contributed by atoms with Crippen LogP contribution in [0.3, 0.4) is 0 Å². The Morgan fingerprint density at radius 3 is 2.64 bits per heavy atom. The van der Waals surface area contributed by atoms with Crippen molar-refractivity contribution in [3.8, 4) is 0 Å². The molecular weight excluding hydrogens is 200 g/mol. The fourth-order valence-electron chi connectivity index (χ4n) is 1.53. The normalized spacial score (nSPS) is 19.4. The van der Waals surface area contributed by atoms with Crippen molar-refractivity contribution in [1.82, 2.24) is 10.0 Å². The molecule has 0 saturated carbocycles. The SMILES string of the molecule is C=CCCNS(=O)(=O)C1CCNCC1. The van der Waals surface area contributed by atoms with Gasteiger partial charge in [0, 0.05) is 6.54 Å². The van der Waals surface area contributed by atoms with E-state index in [1.54, 1.807) is 6.08 Å². The summed E-state index contributed by atoms with van der Waals surface area (Å²) in [5, 5.41) is 2.93. The molecule has 4 nitrogen and oxygen atoms in total. The summed E-state index contributed by atoms with van der Waals surface area (Å²) < 4.78 is 26.0. The minimum atomic E-state index is -3.09. The highest BCUT2D eigenvalue weighted by Gasteiger charge is 2.26. The van der Waals surface area contributed by atoms with Crippen LogP contribution in [-0.4, -0.2) is 33.3 Å². The van der Waals surface area contributed by atoms with Crippen molar-refractivity contribution >= 4 is 10.0 Å². The maximum absolute atomic E-state index is 11.7. The maximum atomic E-state index is 11.7. The van der Waals surface area contributed by atoms with E-state index in [1.165, 1.54) is 0 Å². The van der Waals surface area contributed by atoms with Gasteiger partial charge in [-0.1, -0.05) is 6.08 Å². The third-order valence-electron chi connectivity index (χ3n) is 2.38. The Kier molecular flexibility index (Phi) is 4.57. The minimum absolute atomic E-state index is 0.214. The molecule has 82 valence electrons. The Morgan fingerprint density at radius 1 is 1.43 bits per heavy atom. The fraction of sp³-hybridized carbons (Fsp3) is 0.778. The number of piperidine rings is 1. The van der Waals surface area contributed by atoms with E-state index in [0.29, 0.717) is 25.8 Å². The topological polar surface area (TPSA) is 58.2 Å². The monoisotopic (exact) mass is 218 g/mol. The zero-order valence-corrected chi connectivity index (χ0v) is 9.15. The lowest BCUT2D eigenvalue weighted by Crippen LogP contribution is -2.41. The first-order chi connectivity index (χ1) is 6.67. The standard InChI is InChI=1S/C9H18N2O2S/c1-2-3-6-11-14(12,13)9-4-7-10-8-5-9/h2,9-11H,1,3-8H2. The summed E-state index contributed by atoms with van der Waals surface area (Å²) in [7, 11) is -3.09. The van der Waals surface area contributed by atoms with Gasteiger partial charge in [0.1, 0.15) is 0 Å². The lowest BCUT2D eigenvalue weighted by molar-refractivity contribution is 0.490. The summed E-state index contributed by atoms with van der Waals surface area (Å²) in [6.07, 6.45) is 3.82. The minimum Gasteiger partial charge on any atom is -0.317 e. The molecule has 0 aromatic heterocycles. The Bertz CT molecular complexity index is 269. The molecule has 0 aromatic carbocycles. The molecule has 0 amide bonds. The number of sulfonamides is 1. The molecule has 0 atom stereocenters. The summed E-state index contributed by atoms with van der Waals surface area (Å²) in [4.78, 5) is 0. The average Bonchev–Trinajstić information content (AvgIpc) is 2.19. The van der Waals surface area contributed by atoms with Crippen LogP contribution >= 0.6 is 0 Å². The van der Waals surface area contributed by atoms with Crippen LogP contribution in [0, 0.1) is 0 Å². The Labute approximate surface area is 85.8 Å². The number of hydrogen-bond acceptors (Lipinski definition) is 3. The van der Waals surface area contributed by atoms with Crippen LogP contribution in [0.25, 0.3) is 0 Å². The largest absolute Gasteiger partial charge is 0.317 e. The summed E-state index contributed by atoms with van der Waals surface area (Å²) in [6, 6.07) is 0. The number of hydrogen-bond donors (Lipinski definition) is 2. The maximum Gasteiger partial charge on any atom is 0.214 e. The predicted molar refractivity (Wildman–Crippen MR) is 57.6 cm³/mol. The van der Waals surface area contributed by atoms with Gasteiger partial charge in [-0.15, -0.1) is 6.58 Å². The van der Waals surface area contributed by atoms with Crippen LogP contribution in [-0.2, 0) is 10.0 Å². The van der Waals surface area contributed by atoms with Gasteiger partial charge in [0.25, 0.3) is 0 Å². The van der Waals surface area contributed by atoms with Crippen molar-refractivity contribution in [3.63, 3.8) is 0 Å². The van der Waals surface area contributed by atoms with E-state index in [4.69, 9.17) is 0 Å². The van der Waals surface area contributed by atoms with Crippen molar-refractivity contribution in [2.24, 2.45) is 0 Å². The van der Waals surface area contributed by atoms with Gasteiger partial charge in [0.15, 0.2) is 0 Å². The second-order valence-corrected chi connectivity index (χ2v) is 5.51. The van der Waals surface area contributed by atoms with Crippen LogP contribution in [0.1, 0.15) is 19.3 Å². The van der Waals surface area contributed by atoms with Crippen LogP contribution < -0.4 is 10.0 Å². The van der Waals surface area contributed by atoms with Gasteiger partial charge < -0.3 is 5.32 Å². The molecule has 1 fully saturated rings. The highest BCUT2D eigenvalue weighted by molar-refractivity contribution is 7.90. The number of nitrogens with one attached hydrogen (secondary N) is 2. The molecule has 0 spiro atoms. The van der Waals surface area contributed by atoms with E-state index < -0.39 is 10.0 Å². The van der Waals surface area contributed by atoms with Gasteiger partial charge >= 0.3 is 0 Å². The van der Waals surface area contributed by atoms with E-state index >= 15 is 0 Å². The molecule has 0 aromatic rings. The third kappa shape index (κ3) is 3.40. The molecule has 1 rings (SSSR count). The van der Waals surface area contributed by atoms with Gasteiger partial charge in [-0.25, -0.2) is 13.1 Å². The summed E-state index contributed by atoms with van der Waals surface area (Å²) in [6.45, 7) is 5.61. The first-order valence-corrected chi connectivity index (χ1v) is 6.51. The van der Waals surface area contributed by atoms with Crippen LogP contribution in [0.15, 0.2) is 12.7 Å². The van der Waals surface area contributed by atoms with E-state index in [1.807, 2.05) is 0 Å². The van der Waals surface area contributed by atoms with Crippen molar-refractivity contribution in [3.05, 3.63) is 12.7 Å². The van der Waals surface area contributed by atoms with Gasteiger partial charge in [0.05, 0.1) is 5.25 Å². The molecule has 2 N–H and O–H groups in total. The molecule has 5 heteroatoms. The van der Waals surface area contributed by atoms with E-state index in [2.05, 4.69) is 16.6 Å². The molecule has 1 aliphatic rings. The molecule has 0 radical (unpaired) electrons. The van der Waals surface area contributed by atoms with Crippen LogP contribution in [0.5, 0.6) is 0 Å². The summed E-state index contributed by atoms with van der Waals surface area (Å²) in [5.74, 6) is 0. The lowest BCUT2D eigenvalue weighted by atomic mass is 10.2. The molecule has 1 heterocycles. The van der Waals surface area contributed by atoms with Crippen molar-refractivity contribution in [1.29, 1.82) is 0 Å².